The summed E-state index contributed by atoms with van der Waals surface area (Å²) in [4.78, 5) is 104. The highest BCUT2D eigenvalue weighted by Gasteiger charge is 2.42. The lowest BCUT2D eigenvalue weighted by molar-refractivity contribution is -0.970. The van der Waals surface area contributed by atoms with Gasteiger partial charge in [0, 0.05) is 117 Å². The largest absolute Gasteiger partial charge is 0.391 e. The first-order chi connectivity index (χ1) is 33.9. The fourth-order valence-electron chi connectivity index (χ4n) is 7.85. The topological polar surface area (TPSA) is 315 Å². The Hall–Kier alpha value is -4.11. The Bertz CT molecular complexity index is 1580. The molecule has 0 radical (unpaired) electrons. The average molecular weight is 1040 g/mol. The minimum atomic E-state index is -0.867. The lowest BCUT2D eigenvalue weighted by Gasteiger charge is -2.48. The summed E-state index contributed by atoms with van der Waals surface area (Å²) in [6.45, 7) is 15.5. The van der Waals surface area contributed by atoms with Crippen molar-refractivity contribution in [3.8, 4) is 0 Å². The SMILES string of the molecule is CCN(CC)CC(O)CN(CCNC)CCNC(=O)CC(=O)NCCN(CCNC(=O)CC(=O)NCC[N+]1(CCNC(=O)CC(=O)NCCNCCNC(=O)CCCCC(C)=O)CC(O)C1)CC(O)CCl. The summed E-state index contributed by atoms with van der Waals surface area (Å²) < 4.78 is 0.435. The highest BCUT2D eigenvalue weighted by Crippen LogP contribution is 2.19. The molecular formula is C46H89ClN13O11+. The van der Waals surface area contributed by atoms with E-state index in [0.29, 0.717) is 122 Å². The third kappa shape index (κ3) is 34.0. The molecule has 1 heterocycles. The van der Waals surface area contributed by atoms with Gasteiger partial charge in [0.2, 0.25) is 41.4 Å². The first-order valence-electron chi connectivity index (χ1n) is 25.3. The fourth-order valence-corrected chi connectivity index (χ4v) is 7.95. The lowest BCUT2D eigenvalue weighted by Crippen LogP contribution is -2.69. The third-order valence-corrected chi connectivity index (χ3v) is 12.2. The summed E-state index contributed by atoms with van der Waals surface area (Å²) in [7, 11) is 1.85. The quantitative estimate of drug-likeness (QED) is 0.0118. The Balaban J connectivity index is 2.34. The van der Waals surface area contributed by atoms with Gasteiger partial charge in [0.25, 0.3) is 0 Å². The van der Waals surface area contributed by atoms with Crippen LogP contribution in [-0.4, -0.2) is 263 Å². The average Bonchev–Trinajstić information content (AvgIpc) is 3.30. The van der Waals surface area contributed by atoms with E-state index in [4.69, 9.17) is 11.6 Å². The van der Waals surface area contributed by atoms with Crippen LogP contribution in [0.2, 0.25) is 0 Å². The molecule has 1 fully saturated rings. The van der Waals surface area contributed by atoms with Gasteiger partial charge < -0.3 is 77.3 Å². The van der Waals surface area contributed by atoms with Crippen LogP contribution in [-0.2, 0) is 38.4 Å². The monoisotopic (exact) mass is 1030 g/mol. The number of nitrogens with zero attached hydrogens (tertiary/aromatic N) is 4. The maximum atomic E-state index is 12.6. The van der Waals surface area contributed by atoms with E-state index in [0.717, 1.165) is 13.1 Å². The van der Waals surface area contributed by atoms with Crippen molar-refractivity contribution >= 4 is 58.7 Å². The van der Waals surface area contributed by atoms with Gasteiger partial charge in [-0.25, -0.2) is 0 Å². The normalized spacial score (nSPS) is 16.2. The molecule has 2 atom stereocenters. The second kappa shape index (κ2) is 39.4. The van der Waals surface area contributed by atoms with Gasteiger partial charge in [-0.2, -0.15) is 0 Å². The van der Waals surface area contributed by atoms with Crippen LogP contribution in [0.3, 0.4) is 0 Å². The van der Waals surface area contributed by atoms with Gasteiger partial charge in [-0.3, -0.25) is 43.4 Å². The summed E-state index contributed by atoms with van der Waals surface area (Å²) in [6.07, 6.45) is -0.870. The molecule has 0 aliphatic carbocycles. The summed E-state index contributed by atoms with van der Waals surface area (Å²) in [5, 5.41) is 56.2. The van der Waals surface area contributed by atoms with Gasteiger partial charge in [0.1, 0.15) is 38.1 Å². The van der Waals surface area contributed by atoms with Crippen molar-refractivity contribution < 1.29 is 58.2 Å². The molecule has 71 heavy (non-hydrogen) atoms. The number of halogens is 1. The van der Waals surface area contributed by atoms with Crippen molar-refractivity contribution in [2.45, 2.75) is 84.0 Å². The number of nitrogens with one attached hydrogen (secondary N) is 9. The Labute approximate surface area is 425 Å². The number of rotatable bonds is 44. The molecule has 0 aromatic carbocycles. The van der Waals surface area contributed by atoms with E-state index >= 15 is 0 Å². The van der Waals surface area contributed by atoms with Crippen LogP contribution < -0.4 is 47.9 Å². The fraction of sp³-hybridized carbons (Fsp3) is 0.826. The van der Waals surface area contributed by atoms with E-state index in [1.54, 1.807) is 4.90 Å². The molecule has 0 spiro atoms. The molecule has 0 saturated carbocycles. The summed E-state index contributed by atoms with van der Waals surface area (Å²) in [6, 6.07) is 0. The molecule has 1 aliphatic rings. The van der Waals surface area contributed by atoms with E-state index < -0.39 is 60.2 Å². The van der Waals surface area contributed by atoms with Crippen molar-refractivity contribution in [1.29, 1.82) is 0 Å². The number of hydrogen-bond donors (Lipinski definition) is 12. The number of likely N-dealkylation sites (tertiary alicyclic amines) is 1. The number of amides is 7. The van der Waals surface area contributed by atoms with Gasteiger partial charge in [-0.1, -0.05) is 13.8 Å². The van der Waals surface area contributed by atoms with Gasteiger partial charge >= 0.3 is 0 Å². The van der Waals surface area contributed by atoms with E-state index in [9.17, 15) is 53.7 Å². The molecule has 1 saturated heterocycles. The predicted octanol–water partition coefficient (Wildman–Crippen LogP) is -4.97. The zero-order valence-electron chi connectivity index (χ0n) is 42.9. The van der Waals surface area contributed by atoms with Crippen molar-refractivity contribution in [2.24, 2.45) is 0 Å². The summed E-state index contributed by atoms with van der Waals surface area (Å²) >= 11 is 5.83. The Kier molecular flexibility index (Phi) is 36.0. The van der Waals surface area contributed by atoms with Gasteiger partial charge in [-0.15, -0.1) is 11.6 Å². The molecule has 0 aromatic rings. The third-order valence-electron chi connectivity index (χ3n) is 11.8. The van der Waals surface area contributed by atoms with Crippen molar-refractivity contribution in [3.63, 3.8) is 0 Å². The zero-order valence-corrected chi connectivity index (χ0v) is 43.7. The molecule has 2 unspecified atom stereocenters. The maximum absolute atomic E-state index is 12.6. The zero-order chi connectivity index (χ0) is 52.9. The molecule has 0 aromatic heterocycles. The number of aliphatic hydroxyl groups excluding tert-OH is 3. The van der Waals surface area contributed by atoms with Gasteiger partial charge in [0.05, 0.1) is 38.4 Å². The smallest absolute Gasteiger partial charge is 0.229 e. The molecule has 410 valence electrons. The number of Topliss-reactive ketones (excluding diaryl/α,β-unsaturated/α-hetero) is 1. The van der Waals surface area contributed by atoms with Crippen LogP contribution in [0.5, 0.6) is 0 Å². The number of alkyl halides is 1. The lowest BCUT2D eigenvalue weighted by atomic mass is 10.1. The highest BCUT2D eigenvalue weighted by atomic mass is 35.5. The van der Waals surface area contributed by atoms with E-state index in [1.165, 1.54) is 6.92 Å². The Morgan fingerprint density at radius 1 is 0.535 bits per heavy atom. The first-order valence-corrected chi connectivity index (χ1v) is 25.8. The minimum absolute atomic E-state index is 0.0260. The predicted molar refractivity (Wildman–Crippen MR) is 270 cm³/mol. The molecule has 0 bridgehead atoms. The first kappa shape index (κ1) is 64.9. The van der Waals surface area contributed by atoms with Crippen LogP contribution in [0.1, 0.15) is 65.7 Å². The van der Waals surface area contributed by atoms with Crippen LogP contribution in [0, 0.1) is 0 Å². The molecule has 12 N–H and O–H groups in total. The van der Waals surface area contributed by atoms with Gasteiger partial charge in [0.15, 0.2) is 6.10 Å². The Morgan fingerprint density at radius 2 is 0.915 bits per heavy atom. The Morgan fingerprint density at radius 3 is 1.32 bits per heavy atom. The molecule has 1 rings (SSSR count). The number of aliphatic hydroxyl groups is 3. The van der Waals surface area contributed by atoms with Crippen molar-refractivity contribution in [3.05, 3.63) is 0 Å². The van der Waals surface area contributed by atoms with E-state index in [-0.39, 0.29) is 76.2 Å². The molecule has 7 amide bonds. The molecule has 1 aliphatic heterocycles. The number of likely N-dealkylation sites (N-methyl/N-ethyl adjacent to an activating group) is 2. The van der Waals surface area contributed by atoms with E-state index in [2.05, 4.69) is 57.7 Å². The number of carbonyl (C=O) groups excluding carboxylic acids is 8. The number of unbranched alkanes of at least 4 members (excludes halogenated alkanes) is 1. The number of hydrogen-bond acceptors (Lipinski definition) is 16. The van der Waals surface area contributed by atoms with Crippen molar-refractivity contribution in [2.75, 3.05) is 163 Å². The number of quaternary nitrogens is 1. The summed E-state index contributed by atoms with van der Waals surface area (Å²) in [5.74, 6) is -2.78. The number of carbonyl (C=O) groups is 8. The van der Waals surface area contributed by atoms with Crippen LogP contribution in [0.4, 0.5) is 0 Å². The van der Waals surface area contributed by atoms with Gasteiger partial charge in [-0.05, 0) is 39.9 Å². The highest BCUT2D eigenvalue weighted by molar-refractivity contribution is 6.18. The molecular weight excluding hydrogens is 946 g/mol. The maximum Gasteiger partial charge on any atom is 0.229 e. The second-order valence-corrected chi connectivity index (χ2v) is 18.4. The standard InChI is InChI=1S/C46H88ClN13O11/c1-5-57(6-2)32-38(63)33-58(21-15-48-4)22-16-52-42(67)28-43(68)53-17-23-59(31-37(62)30-47)24-18-54-44(69)29-46(71)56-20-26-60(34-39(64)35-60)25-19-55-45(70)27-41(66)51-14-12-49-11-13-50-40(65)10-8-7-9-36(3)61/h37-39,48-49,62-64H,5-35H2,1-4H3,(H6-,50,51,52,53,54,55,56,65,66,67,68,69,70,71)/p+1. The van der Waals surface area contributed by atoms with Crippen LogP contribution in [0.25, 0.3) is 0 Å². The molecule has 24 nitrogen and oxygen atoms in total. The number of ketones is 1. The van der Waals surface area contributed by atoms with Crippen molar-refractivity contribution in [1.82, 2.24) is 62.6 Å². The molecule has 25 heteroatoms. The minimum Gasteiger partial charge on any atom is -0.391 e. The van der Waals surface area contributed by atoms with Crippen LogP contribution >= 0.6 is 11.6 Å². The second-order valence-electron chi connectivity index (χ2n) is 18.1. The van der Waals surface area contributed by atoms with Crippen LogP contribution in [0.15, 0.2) is 0 Å². The summed E-state index contributed by atoms with van der Waals surface area (Å²) in [5.41, 5.74) is 0. The van der Waals surface area contributed by atoms with E-state index in [1.807, 2.05) is 20.9 Å².